The molecule has 0 radical (unpaired) electrons. The third-order valence-electron chi connectivity index (χ3n) is 3.85. The highest BCUT2D eigenvalue weighted by Gasteiger charge is 2.50. The quantitative estimate of drug-likeness (QED) is 0.800. The van der Waals surface area contributed by atoms with E-state index < -0.39 is 11.7 Å². The minimum absolute atomic E-state index is 0.109. The van der Waals surface area contributed by atoms with E-state index in [1.165, 1.54) is 0 Å². The summed E-state index contributed by atoms with van der Waals surface area (Å²) >= 11 is 0. The summed E-state index contributed by atoms with van der Waals surface area (Å²) in [6.45, 7) is 9.74. The SMILES string of the molecule is C=CCC1C(O)CN(C(=O)OC(C)(C)C)C1C1CC1. The number of rotatable bonds is 3. The van der Waals surface area contributed by atoms with E-state index in [0.29, 0.717) is 12.5 Å². The number of aliphatic hydroxyl groups is 1. The fourth-order valence-corrected chi connectivity index (χ4v) is 2.96. The number of carbonyl (C=O) groups is 1. The molecule has 2 aliphatic rings. The van der Waals surface area contributed by atoms with Gasteiger partial charge in [-0.1, -0.05) is 6.08 Å². The minimum Gasteiger partial charge on any atom is -0.444 e. The molecular weight excluding hydrogens is 242 g/mol. The maximum absolute atomic E-state index is 12.3. The standard InChI is InChI=1S/C15H25NO3/c1-5-6-11-12(17)9-16(13(11)10-7-8-10)14(18)19-15(2,3)4/h5,10-13,17H,1,6-9H2,2-4H3. The van der Waals surface area contributed by atoms with Gasteiger partial charge in [0, 0.05) is 12.0 Å². The van der Waals surface area contributed by atoms with Crippen LogP contribution in [0.4, 0.5) is 4.79 Å². The number of aliphatic hydroxyl groups excluding tert-OH is 1. The molecule has 0 bridgehead atoms. The van der Waals surface area contributed by atoms with Gasteiger partial charge in [0.25, 0.3) is 0 Å². The van der Waals surface area contributed by atoms with Crippen LogP contribution in [0.3, 0.4) is 0 Å². The lowest BCUT2D eigenvalue weighted by Crippen LogP contribution is -2.42. The van der Waals surface area contributed by atoms with E-state index in [0.717, 1.165) is 19.3 Å². The molecule has 1 aliphatic carbocycles. The van der Waals surface area contributed by atoms with E-state index in [4.69, 9.17) is 4.74 Å². The predicted molar refractivity (Wildman–Crippen MR) is 73.8 cm³/mol. The van der Waals surface area contributed by atoms with Crippen molar-refractivity contribution in [2.75, 3.05) is 6.54 Å². The van der Waals surface area contributed by atoms with Crippen molar-refractivity contribution in [3.05, 3.63) is 12.7 Å². The van der Waals surface area contributed by atoms with Crippen LogP contribution in [0.5, 0.6) is 0 Å². The van der Waals surface area contributed by atoms with Crippen molar-refractivity contribution in [3.63, 3.8) is 0 Å². The molecule has 0 aromatic heterocycles. The van der Waals surface area contributed by atoms with Gasteiger partial charge in [0.15, 0.2) is 0 Å². The molecular formula is C15H25NO3. The van der Waals surface area contributed by atoms with Crippen LogP contribution in [0.25, 0.3) is 0 Å². The zero-order chi connectivity index (χ0) is 14.2. The Balaban J connectivity index is 2.10. The van der Waals surface area contributed by atoms with Crippen molar-refractivity contribution < 1.29 is 14.6 Å². The molecule has 4 heteroatoms. The van der Waals surface area contributed by atoms with Crippen molar-refractivity contribution in [2.45, 2.75) is 57.8 Å². The van der Waals surface area contributed by atoms with Crippen LogP contribution in [-0.4, -0.2) is 40.4 Å². The first-order valence-electron chi connectivity index (χ1n) is 7.12. The zero-order valence-electron chi connectivity index (χ0n) is 12.1. The Bertz CT molecular complexity index is 357. The van der Waals surface area contributed by atoms with E-state index in [1.54, 1.807) is 4.90 Å². The molecule has 108 valence electrons. The molecule has 1 aliphatic heterocycles. The molecule has 3 unspecified atom stereocenters. The van der Waals surface area contributed by atoms with Gasteiger partial charge in [-0.25, -0.2) is 4.79 Å². The van der Waals surface area contributed by atoms with Gasteiger partial charge in [-0.15, -0.1) is 6.58 Å². The highest BCUT2D eigenvalue weighted by atomic mass is 16.6. The van der Waals surface area contributed by atoms with E-state index in [2.05, 4.69) is 6.58 Å². The summed E-state index contributed by atoms with van der Waals surface area (Å²) in [7, 11) is 0. The van der Waals surface area contributed by atoms with Crippen LogP contribution in [0.2, 0.25) is 0 Å². The Morgan fingerprint density at radius 2 is 2.11 bits per heavy atom. The van der Waals surface area contributed by atoms with E-state index in [1.807, 2.05) is 26.8 Å². The summed E-state index contributed by atoms with van der Waals surface area (Å²) in [5, 5.41) is 10.2. The van der Waals surface area contributed by atoms with Crippen LogP contribution in [0.15, 0.2) is 12.7 Å². The molecule has 3 atom stereocenters. The molecule has 1 heterocycles. The van der Waals surface area contributed by atoms with E-state index in [9.17, 15) is 9.90 Å². The Morgan fingerprint density at radius 3 is 2.58 bits per heavy atom. The summed E-state index contributed by atoms with van der Waals surface area (Å²) in [4.78, 5) is 14.0. The van der Waals surface area contributed by atoms with Crippen molar-refractivity contribution in [2.24, 2.45) is 11.8 Å². The molecule has 1 amide bonds. The molecule has 2 fully saturated rings. The van der Waals surface area contributed by atoms with Gasteiger partial charge in [-0.3, -0.25) is 0 Å². The Kier molecular flexibility index (Phi) is 3.90. The van der Waals surface area contributed by atoms with Gasteiger partial charge in [0.1, 0.15) is 5.60 Å². The molecule has 0 aromatic rings. The third kappa shape index (κ3) is 3.30. The Hall–Kier alpha value is -1.03. The van der Waals surface area contributed by atoms with Crippen LogP contribution in [0, 0.1) is 11.8 Å². The van der Waals surface area contributed by atoms with Crippen LogP contribution in [-0.2, 0) is 4.74 Å². The van der Waals surface area contributed by atoms with Gasteiger partial charge < -0.3 is 14.7 Å². The van der Waals surface area contributed by atoms with Crippen molar-refractivity contribution in [3.8, 4) is 0 Å². The summed E-state index contributed by atoms with van der Waals surface area (Å²) in [5.41, 5.74) is -0.493. The zero-order valence-corrected chi connectivity index (χ0v) is 12.1. The molecule has 1 saturated carbocycles. The second-order valence-corrected chi connectivity index (χ2v) is 6.72. The molecule has 19 heavy (non-hydrogen) atoms. The van der Waals surface area contributed by atoms with Crippen molar-refractivity contribution >= 4 is 6.09 Å². The highest BCUT2D eigenvalue weighted by molar-refractivity contribution is 5.69. The maximum Gasteiger partial charge on any atom is 0.410 e. The average molecular weight is 267 g/mol. The van der Waals surface area contributed by atoms with Crippen LogP contribution >= 0.6 is 0 Å². The summed E-state index contributed by atoms with van der Waals surface area (Å²) < 4.78 is 5.45. The number of likely N-dealkylation sites (tertiary alicyclic amines) is 1. The smallest absolute Gasteiger partial charge is 0.410 e. The first-order chi connectivity index (χ1) is 8.83. The van der Waals surface area contributed by atoms with Crippen molar-refractivity contribution in [1.29, 1.82) is 0 Å². The largest absolute Gasteiger partial charge is 0.444 e. The lowest BCUT2D eigenvalue weighted by Gasteiger charge is -2.30. The van der Waals surface area contributed by atoms with Crippen molar-refractivity contribution in [1.82, 2.24) is 4.90 Å². The topological polar surface area (TPSA) is 49.8 Å². The monoisotopic (exact) mass is 267 g/mol. The normalized spacial score (nSPS) is 31.4. The molecule has 1 saturated heterocycles. The molecule has 0 spiro atoms. The number of hydrogen-bond acceptors (Lipinski definition) is 3. The van der Waals surface area contributed by atoms with E-state index in [-0.39, 0.29) is 18.1 Å². The van der Waals surface area contributed by atoms with Gasteiger partial charge in [-0.2, -0.15) is 0 Å². The third-order valence-corrected chi connectivity index (χ3v) is 3.85. The van der Waals surface area contributed by atoms with E-state index >= 15 is 0 Å². The first-order valence-corrected chi connectivity index (χ1v) is 7.12. The molecule has 4 nitrogen and oxygen atoms in total. The molecule has 2 rings (SSSR count). The summed E-state index contributed by atoms with van der Waals surface area (Å²) in [6, 6.07) is 0.114. The van der Waals surface area contributed by atoms with Gasteiger partial charge in [-0.05, 0) is 46.0 Å². The second kappa shape index (κ2) is 5.16. The average Bonchev–Trinajstić information content (AvgIpc) is 3.04. The summed E-state index contributed by atoms with van der Waals surface area (Å²) in [5.74, 6) is 0.632. The number of β-amino-alcohol motifs (C(OH)–C–C–N with tert-alkyl or cyclic N) is 1. The van der Waals surface area contributed by atoms with Gasteiger partial charge in [0.2, 0.25) is 0 Å². The first kappa shape index (κ1) is 14.4. The number of allylic oxidation sites excluding steroid dienone is 1. The second-order valence-electron chi connectivity index (χ2n) is 6.72. The lowest BCUT2D eigenvalue weighted by atomic mass is 9.91. The lowest BCUT2D eigenvalue weighted by molar-refractivity contribution is 0.0183. The maximum atomic E-state index is 12.3. The summed E-state index contributed by atoms with van der Waals surface area (Å²) in [6.07, 6.45) is 4.11. The molecule has 0 aromatic carbocycles. The predicted octanol–water partition coefficient (Wildman–Crippen LogP) is 2.57. The number of hydrogen-bond donors (Lipinski definition) is 1. The fraction of sp³-hybridized carbons (Fsp3) is 0.800. The number of nitrogens with zero attached hydrogens (tertiary/aromatic N) is 1. The minimum atomic E-state index is -0.493. The highest BCUT2D eigenvalue weighted by Crippen LogP contribution is 2.44. The number of carbonyl (C=O) groups excluding carboxylic acids is 1. The van der Waals surface area contributed by atoms with Crippen LogP contribution < -0.4 is 0 Å². The molecule has 1 N–H and O–H groups in total. The fourth-order valence-electron chi connectivity index (χ4n) is 2.96. The number of amides is 1. The van der Waals surface area contributed by atoms with Gasteiger partial charge >= 0.3 is 6.09 Å². The Morgan fingerprint density at radius 1 is 1.47 bits per heavy atom. The van der Waals surface area contributed by atoms with Crippen LogP contribution in [0.1, 0.15) is 40.0 Å². The Labute approximate surface area is 115 Å². The number of ether oxygens (including phenoxy) is 1. The van der Waals surface area contributed by atoms with Gasteiger partial charge in [0.05, 0.1) is 12.6 Å².